The van der Waals surface area contributed by atoms with Gasteiger partial charge < -0.3 is 10.6 Å². The van der Waals surface area contributed by atoms with Crippen LogP contribution < -0.4 is 10.6 Å². The summed E-state index contributed by atoms with van der Waals surface area (Å²) in [6.07, 6.45) is 10.5. The average molecular weight is 320 g/mol. The second kappa shape index (κ2) is 6.43. The first-order valence-corrected chi connectivity index (χ1v) is 8.38. The van der Waals surface area contributed by atoms with Gasteiger partial charge in [0.05, 0.1) is 0 Å². The third-order valence-corrected chi connectivity index (χ3v) is 4.89. The Labute approximate surface area is 141 Å². The largest absolute Gasteiger partial charge is 0.352 e. The highest BCUT2D eigenvalue weighted by atomic mass is 16.1. The van der Waals surface area contributed by atoms with E-state index < -0.39 is 0 Å². The average Bonchev–Trinajstić information content (AvgIpc) is 3.24. The fourth-order valence-corrected chi connectivity index (χ4v) is 3.69. The molecule has 2 aromatic rings. The normalized spacial score (nSPS) is 24.1. The van der Waals surface area contributed by atoms with Gasteiger partial charge >= 0.3 is 0 Å². The van der Waals surface area contributed by atoms with Gasteiger partial charge in [-0.15, -0.1) is 0 Å². The van der Waals surface area contributed by atoms with Crippen LogP contribution in [-0.2, 0) is 0 Å². The molecule has 0 aliphatic heterocycles. The number of rotatable bonds is 5. The zero-order valence-electron chi connectivity index (χ0n) is 13.4. The number of hydrogen-bond donors (Lipinski definition) is 2. The molecule has 2 N–H and O–H groups in total. The van der Waals surface area contributed by atoms with E-state index in [2.05, 4.69) is 32.8 Å². The summed E-state index contributed by atoms with van der Waals surface area (Å²) >= 11 is 0. The molecule has 0 spiro atoms. The van der Waals surface area contributed by atoms with E-state index in [1.54, 1.807) is 18.5 Å². The van der Waals surface area contributed by atoms with Crippen molar-refractivity contribution >= 4 is 17.5 Å². The number of fused-ring (bicyclic) bond motifs is 2. The number of anilines is 2. The lowest BCUT2D eigenvalue weighted by Gasteiger charge is -2.18. The van der Waals surface area contributed by atoms with Gasteiger partial charge in [0.25, 0.3) is 5.91 Å². The molecular formula is C19H20N4O. The van der Waals surface area contributed by atoms with Gasteiger partial charge in [0, 0.05) is 30.2 Å². The number of amides is 1. The van der Waals surface area contributed by atoms with E-state index >= 15 is 0 Å². The van der Waals surface area contributed by atoms with Gasteiger partial charge in [-0.25, -0.2) is 9.97 Å². The molecule has 0 radical (unpaired) electrons. The van der Waals surface area contributed by atoms with Gasteiger partial charge in [-0.2, -0.15) is 0 Å². The van der Waals surface area contributed by atoms with Crippen molar-refractivity contribution in [2.45, 2.75) is 12.8 Å². The Morgan fingerprint density at radius 3 is 2.75 bits per heavy atom. The molecule has 5 nitrogen and oxygen atoms in total. The summed E-state index contributed by atoms with van der Waals surface area (Å²) in [4.78, 5) is 20.7. The van der Waals surface area contributed by atoms with E-state index in [1.165, 1.54) is 12.8 Å². The topological polar surface area (TPSA) is 66.9 Å². The van der Waals surface area contributed by atoms with Gasteiger partial charge in [-0.3, -0.25) is 4.79 Å². The van der Waals surface area contributed by atoms with Crippen molar-refractivity contribution in [2.75, 3.05) is 11.9 Å². The summed E-state index contributed by atoms with van der Waals surface area (Å²) in [7, 11) is 0. The van der Waals surface area contributed by atoms with Crippen molar-refractivity contribution in [2.24, 2.45) is 17.8 Å². The Morgan fingerprint density at radius 2 is 2.00 bits per heavy atom. The number of nitrogens with one attached hydrogen (secondary N) is 2. The fraction of sp³-hybridized carbons (Fsp3) is 0.316. The highest BCUT2D eigenvalue weighted by Gasteiger charge is 2.35. The summed E-state index contributed by atoms with van der Waals surface area (Å²) in [5.41, 5.74) is 1.45. The zero-order valence-corrected chi connectivity index (χ0v) is 13.4. The minimum absolute atomic E-state index is 0.0283. The first-order chi connectivity index (χ1) is 11.8. The van der Waals surface area contributed by atoms with Crippen LogP contribution in [0.3, 0.4) is 0 Å². The number of aromatic nitrogens is 2. The monoisotopic (exact) mass is 320 g/mol. The Hall–Kier alpha value is -2.69. The van der Waals surface area contributed by atoms with Crippen LogP contribution in [0.4, 0.5) is 11.6 Å². The number of carbonyl (C=O) groups is 1. The molecule has 0 unspecified atom stereocenters. The minimum atomic E-state index is -0.0283. The van der Waals surface area contributed by atoms with E-state index in [4.69, 9.17) is 0 Å². The summed E-state index contributed by atoms with van der Waals surface area (Å²) in [6.45, 7) is 0.754. The number of nitrogens with zero attached hydrogens (tertiary/aromatic N) is 2. The smallest absolute Gasteiger partial charge is 0.251 e. The van der Waals surface area contributed by atoms with Gasteiger partial charge in [0.2, 0.25) is 5.95 Å². The molecule has 5 heteroatoms. The third-order valence-electron chi connectivity index (χ3n) is 4.89. The molecule has 2 bridgehead atoms. The van der Waals surface area contributed by atoms with Crippen molar-refractivity contribution in [1.29, 1.82) is 0 Å². The Balaban J connectivity index is 1.37. The predicted molar refractivity (Wildman–Crippen MR) is 92.9 cm³/mol. The third kappa shape index (κ3) is 3.15. The number of carbonyl (C=O) groups excluding carboxylic acids is 1. The zero-order chi connectivity index (χ0) is 16.4. The molecule has 1 aromatic carbocycles. The molecule has 122 valence electrons. The van der Waals surface area contributed by atoms with E-state index in [0.717, 1.165) is 18.2 Å². The molecule has 2 aliphatic carbocycles. The summed E-state index contributed by atoms with van der Waals surface area (Å²) in [5.74, 6) is 2.46. The van der Waals surface area contributed by atoms with E-state index in [-0.39, 0.29) is 5.91 Å². The number of benzene rings is 1. The van der Waals surface area contributed by atoms with Gasteiger partial charge in [0.15, 0.2) is 0 Å². The second-order valence-corrected chi connectivity index (χ2v) is 6.53. The highest BCUT2D eigenvalue weighted by Crippen LogP contribution is 2.42. The summed E-state index contributed by atoms with van der Waals surface area (Å²) in [6, 6.07) is 9.17. The van der Waals surface area contributed by atoms with Gasteiger partial charge in [-0.1, -0.05) is 18.2 Å². The van der Waals surface area contributed by atoms with Crippen LogP contribution in [0.15, 0.2) is 54.9 Å². The molecule has 1 aromatic heterocycles. The quantitative estimate of drug-likeness (QED) is 0.831. The first-order valence-electron chi connectivity index (χ1n) is 8.38. The minimum Gasteiger partial charge on any atom is -0.352 e. The predicted octanol–water partition coefficient (Wildman–Crippen LogP) is 3.16. The van der Waals surface area contributed by atoms with Crippen molar-refractivity contribution in [3.8, 4) is 0 Å². The molecular weight excluding hydrogens is 300 g/mol. The van der Waals surface area contributed by atoms with E-state index in [1.807, 2.05) is 24.3 Å². The Morgan fingerprint density at radius 1 is 1.12 bits per heavy atom. The molecule has 24 heavy (non-hydrogen) atoms. The number of allylic oxidation sites excluding steroid dienone is 2. The van der Waals surface area contributed by atoms with Crippen LogP contribution >= 0.6 is 0 Å². The van der Waals surface area contributed by atoms with Crippen LogP contribution in [0.5, 0.6) is 0 Å². The van der Waals surface area contributed by atoms with Crippen molar-refractivity contribution < 1.29 is 4.79 Å². The van der Waals surface area contributed by atoms with Crippen molar-refractivity contribution in [1.82, 2.24) is 15.3 Å². The first kappa shape index (κ1) is 14.9. The molecule has 1 amide bonds. The Kier molecular flexibility index (Phi) is 3.99. The lowest BCUT2D eigenvalue weighted by Crippen LogP contribution is -2.30. The van der Waals surface area contributed by atoms with Crippen LogP contribution in [0, 0.1) is 17.8 Å². The standard InChI is InChI=1S/C19H20N4O/c24-18(22-12-16-10-13-5-6-14(16)9-13)15-3-1-4-17(11-15)23-19-20-7-2-8-21-19/h1-8,11,13-14,16H,9-10,12H2,(H,22,24)(H,20,21,23)/t13-,14-,16+/m0/s1. The molecule has 2 aliphatic rings. The molecule has 1 saturated carbocycles. The Bertz CT molecular complexity index is 759. The van der Waals surface area contributed by atoms with Crippen LogP contribution in [-0.4, -0.2) is 22.4 Å². The van der Waals surface area contributed by atoms with Crippen LogP contribution in [0.2, 0.25) is 0 Å². The van der Waals surface area contributed by atoms with Crippen LogP contribution in [0.1, 0.15) is 23.2 Å². The maximum atomic E-state index is 12.4. The van der Waals surface area contributed by atoms with Gasteiger partial charge in [-0.05, 0) is 54.9 Å². The lowest BCUT2D eigenvalue weighted by molar-refractivity contribution is 0.0945. The molecule has 1 fully saturated rings. The van der Waals surface area contributed by atoms with Crippen LogP contribution in [0.25, 0.3) is 0 Å². The second-order valence-electron chi connectivity index (χ2n) is 6.53. The maximum absolute atomic E-state index is 12.4. The lowest BCUT2D eigenvalue weighted by atomic mass is 9.93. The fourth-order valence-electron chi connectivity index (χ4n) is 3.69. The number of hydrogen-bond acceptors (Lipinski definition) is 4. The molecule has 3 atom stereocenters. The van der Waals surface area contributed by atoms with Crippen molar-refractivity contribution in [3.05, 3.63) is 60.4 Å². The summed E-state index contributed by atoms with van der Waals surface area (Å²) in [5, 5.41) is 6.19. The van der Waals surface area contributed by atoms with Gasteiger partial charge in [0.1, 0.15) is 0 Å². The van der Waals surface area contributed by atoms with E-state index in [0.29, 0.717) is 23.3 Å². The van der Waals surface area contributed by atoms with E-state index in [9.17, 15) is 4.79 Å². The van der Waals surface area contributed by atoms with Crippen molar-refractivity contribution in [3.63, 3.8) is 0 Å². The molecule has 1 heterocycles. The molecule has 4 rings (SSSR count). The maximum Gasteiger partial charge on any atom is 0.251 e. The SMILES string of the molecule is O=C(NC[C@H]1C[C@H]2C=C[C@H]1C2)c1cccc(Nc2ncccn2)c1. The summed E-state index contributed by atoms with van der Waals surface area (Å²) < 4.78 is 0. The highest BCUT2D eigenvalue weighted by molar-refractivity contribution is 5.95. The molecule has 0 saturated heterocycles.